The number of hydrogen-bond acceptors (Lipinski definition) is 3. The second-order valence-corrected chi connectivity index (χ2v) is 10.3. The highest BCUT2D eigenvalue weighted by Crippen LogP contribution is 2.51. The van der Waals surface area contributed by atoms with Crippen LogP contribution in [0, 0.1) is 0 Å². The SMILES string of the molecule is c1ccc(-c2cc(-c3ccccc3)nc(N3c4ccccc4-c4cc(-c5ccccc5)cc5nccc3c45)c2)cc1. The Morgan fingerprint density at radius 1 is 0.439 bits per heavy atom. The Morgan fingerprint density at radius 2 is 1.05 bits per heavy atom. The van der Waals surface area contributed by atoms with Gasteiger partial charge in [-0.25, -0.2) is 4.98 Å². The first kappa shape index (κ1) is 23.4. The van der Waals surface area contributed by atoms with Crippen molar-refractivity contribution in [3.8, 4) is 44.6 Å². The van der Waals surface area contributed by atoms with Crippen LogP contribution in [0.25, 0.3) is 55.5 Å². The molecule has 3 heteroatoms. The molecule has 0 unspecified atom stereocenters. The van der Waals surface area contributed by atoms with Gasteiger partial charge in [0.2, 0.25) is 0 Å². The van der Waals surface area contributed by atoms with Gasteiger partial charge in [0.1, 0.15) is 5.82 Å². The Balaban J connectivity index is 1.41. The average molecular weight is 524 g/mol. The molecule has 0 atom stereocenters. The fourth-order valence-electron chi connectivity index (χ4n) is 5.92. The zero-order chi connectivity index (χ0) is 27.2. The van der Waals surface area contributed by atoms with Crippen molar-refractivity contribution in [2.45, 2.75) is 0 Å². The molecular weight excluding hydrogens is 498 g/mol. The van der Waals surface area contributed by atoms with E-state index in [0.29, 0.717) is 0 Å². The number of hydrogen-bond donors (Lipinski definition) is 0. The van der Waals surface area contributed by atoms with Gasteiger partial charge in [0.25, 0.3) is 0 Å². The standard InChI is InChI=1S/C38H25N3/c1-4-12-26(13-5-1)29-22-32-31-18-10-11-19-35(31)41(36-20-21-39-34(24-29)38(32)36)37-25-30(27-14-6-2-7-15-27)23-33(40-37)28-16-8-3-9-17-28/h1-25H. The van der Waals surface area contributed by atoms with E-state index in [0.717, 1.165) is 56.0 Å². The first-order valence-electron chi connectivity index (χ1n) is 13.8. The van der Waals surface area contributed by atoms with Crippen molar-refractivity contribution in [2.75, 3.05) is 4.90 Å². The first-order chi connectivity index (χ1) is 20.3. The molecule has 0 saturated heterocycles. The topological polar surface area (TPSA) is 29.0 Å². The summed E-state index contributed by atoms with van der Waals surface area (Å²) in [5.74, 6) is 0.878. The summed E-state index contributed by atoms with van der Waals surface area (Å²) < 4.78 is 0. The average Bonchev–Trinajstić information content (AvgIpc) is 3.06. The molecule has 8 rings (SSSR count). The first-order valence-corrected chi connectivity index (χ1v) is 13.8. The minimum absolute atomic E-state index is 0.878. The van der Waals surface area contributed by atoms with Crippen LogP contribution >= 0.6 is 0 Å². The lowest BCUT2D eigenvalue weighted by atomic mass is 9.90. The van der Waals surface area contributed by atoms with Crippen LogP contribution in [-0.2, 0) is 0 Å². The molecule has 7 aromatic rings. The van der Waals surface area contributed by atoms with Crippen LogP contribution < -0.4 is 4.90 Å². The summed E-state index contributed by atoms with van der Waals surface area (Å²) in [4.78, 5) is 12.4. The molecule has 5 aromatic carbocycles. The Labute approximate surface area is 239 Å². The van der Waals surface area contributed by atoms with Gasteiger partial charge in [-0.15, -0.1) is 0 Å². The lowest BCUT2D eigenvalue weighted by Crippen LogP contribution is -2.17. The molecule has 41 heavy (non-hydrogen) atoms. The van der Waals surface area contributed by atoms with Gasteiger partial charge >= 0.3 is 0 Å². The van der Waals surface area contributed by atoms with Crippen LogP contribution in [0.4, 0.5) is 17.2 Å². The molecule has 192 valence electrons. The van der Waals surface area contributed by atoms with Crippen LogP contribution in [0.3, 0.4) is 0 Å². The molecule has 0 aliphatic carbocycles. The van der Waals surface area contributed by atoms with E-state index >= 15 is 0 Å². The van der Waals surface area contributed by atoms with Crippen molar-refractivity contribution in [1.29, 1.82) is 0 Å². The smallest absolute Gasteiger partial charge is 0.138 e. The number of fused-ring (bicyclic) bond motifs is 2. The Morgan fingerprint density at radius 3 is 1.76 bits per heavy atom. The Hall–Kier alpha value is -5.54. The van der Waals surface area contributed by atoms with E-state index in [1.165, 1.54) is 16.7 Å². The third kappa shape index (κ3) is 3.98. The van der Waals surface area contributed by atoms with E-state index in [2.05, 4.69) is 144 Å². The normalized spacial score (nSPS) is 11.9. The molecule has 3 nitrogen and oxygen atoms in total. The predicted molar refractivity (Wildman–Crippen MR) is 170 cm³/mol. The second-order valence-electron chi connectivity index (χ2n) is 10.3. The van der Waals surface area contributed by atoms with Gasteiger partial charge in [0, 0.05) is 22.7 Å². The van der Waals surface area contributed by atoms with Gasteiger partial charge in [-0.2, -0.15) is 0 Å². The summed E-state index contributed by atoms with van der Waals surface area (Å²) >= 11 is 0. The van der Waals surface area contributed by atoms with Gasteiger partial charge in [-0.3, -0.25) is 9.88 Å². The zero-order valence-electron chi connectivity index (χ0n) is 22.3. The van der Waals surface area contributed by atoms with E-state index in [-0.39, 0.29) is 0 Å². The number of nitrogens with zero attached hydrogens (tertiary/aromatic N) is 3. The molecule has 0 radical (unpaired) electrons. The van der Waals surface area contributed by atoms with E-state index in [9.17, 15) is 0 Å². The molecule has 1 aliphatic heterocycles. The van der Waals surface area contributed by atoms with Crippen molar-refractivity contribution in [3.63, 3.8) is 0 Å². The summed E-state index contributed by atoms with van der Waals surface area (Å²) in [7, 11) is 0. The molecule has 0 amide bonds. The largest absolute Gasteiger partial charge is 0.294 e. The summed E-state index contributed by atoms with van der Waals surface area (Å²) in [5, 5.41) is 1.14. The monoisotopic (exact) mass is 523 g/mol. The number of anilines is 3. The lowest BCUT2D eigenvalue weighted by Gasteiger charge is -2.33. The van der Waals surface area contributed by atoms with Gasteiger partial charge in [-0.05, 0) is 64.2 Å². The fraction of sp³-hybridized carbons (Fsp3) is 0. The van der Waals surface area contributed by atoms with Crippen LogP contribution in [0.5, 0.6) is 0 Å². The van der Waals surface area contributed by atoms with E-state index in [1.807, 2.05) is 12.3 Å². The number of benzene rings is 5. The van der Waals surface area contributed by atoms with Crippen molar-refractivity contribution in [1.82, 2.24) is 9.97 Å². The van der Waals surface area contributed by atoms with Gasteiger partial charge in [-0.1, -0.05) is 109 Å². The molecule has 0 saturated carbocycles. The van der Waals surface area contributed by atoms with Gasteiger partial charge in [0.15, 0.2) is 0 Å². The molecule has 0 N–H and O–H groups in total. The van der Waals surface area contributed by atoms with Gasteiger partial charge < -0.3 is 0 Å². The molecule has 0 spiro atoms. The maximum atomic E-state index is 5.28. The highest BCUT2D eigenvalue weighted by atomic mass is 15.2. The van der Waals surface area contributed by atoms with E-state index in [1.54, 1.807) is 0 Å². The maximum Gasteiger partial charge on any atom is 0.138 e. The Bertz CT molecular complexity index is 1980. The molecule has 3 heterocycles. The highest BCUT2D eigenvalue weighted by Gasteiger charge is 2.28. The third-order valence-electron chi connectivity index (χ3n) is 7.82. The maximum absolute atomic E-state index is 5.28. The minimum atomic E-state index is 0.878. The lowest BCUT2D eigenvalue weighted by molar-refractivity contribution is 1.18. The third-order valence-corrected chi connectivity index (χ3v) is 7.82. The molecule has 1 aliphatic rings. The number of rotatable bonds is 4. The summed E-state index contributed by atoms with van der Waals surface area (Å²) in [6.45, 7) is 0. The quantitative estimate of drug-likeness (QED) is 0.230. The molecule has 0 fully saturated rings. The van der Waals surface area contributed by atoms with E-state index < -0.39 is 0 Å². The van der Waals surface area contributed by atoms with E-state index in [4.69, 9.17) is 9.97 Å². The summed E-state index contributed by atoms with van der Waals surface area (Å²) in [6.07, 6.45) is 1.91. The van der Waals surface area contributed by atoms with Crippen molar-refractivity contribution in [2.24, 2.45) is 0 Å². The molecule has 0 bridgehead atoms. The molecule has 2 aromatic heterocycles. The number of pyridine rings is 2. The molecular formula is C38H25N3. The summed E-state index contributed by atoms with van der Waals surface area (Å²) in [6, 6.07) is 51.1. The zero-order valence-corrected chi connectivity index (χ0v) is 22.3. The highest BCUT2D eigenvalue weighted by molar-refractivity contribution is 6.13. The van der Waals surface area contributed by atoms with Crippen molar-refractivity contribution >= 4 is 28.1 Å². The fourth-order valence-corrected chi connectivity index (χ4v) is 5.92. The number of para-hydroxylation sites is 1. The Kier molecular flexibility index (Phi) is 5.46. The second kappa shape index (κ2) is 9.58. The number of aromatic nitrogens is 2. The van der Waals surface area contributed by atoms with Crippen LogP contribution in [0.1, 0.15) is 0 Å². The van der Waals surface area contributed by atoms with Crippen molar-refractivity contribution < 1.29 is 0 Å². The summed E-state index contributed by atoms with van der Waals surface area (Å²) in [5.41, 5.74) is 12.2. The van der Waals surface area contributed by atoms with Gasteiger partial charge in [0.05, 0.1) is 22.6 Å². The predicted octanol–water partition coefficient (Wildman–Crippen LogP) is 10.1. The van der Waals surface area contributed by atoms with Crippen LogP contribution in [0.15, 0.2) is 152 Å². The van der Waals surface area contributed by atoms with Crippen LogP contribution in [-0.4, -0.2) is 9.97 Å². The van der Waals surface area contributed by atoms with Crippen molar-refractivity contribution in [3.05, 3.63) is 152 Å². The van der Waals surface area contributed by atoms with Crippen LogP contribution in [0.2, 0.25) is 0 Å². The minimum Gasteiger partial charge on any atom is -0.294 e.